The van der Waals surface area contributed by atoms with Gasteiger partial charge in [-0.05, 0) is 18.6 Å². The summed E-state index contributed by atoms with van der Waals surface area (Å²) in [6, 6.07) is 5.46. The average molecular weight is 342 g/mol. The van der Waals surface area contributed by atoms with Crippen LogP contribution in [0.2, 0.25) is 0 Å². The molecule has 1 unspecified atom stereocenters. The van der Waals surface area contributed by atoms with Gasteiger partial charge in [-0.2, -0.15) is 0 Å². The van der Waals surface area contributed by atoms with Crippen molar-refractivity contribution < 1.29 is 9.47 Å². The molecule has 1 atom stereocenters. The average Bonchev–Trinajstić information content (AvgIpc) is 3.09. The summed E-state index contributed by atoms with van der Waals surface area (Å²) in [7, 11) is 0. The van der Waals surface area contributed by atoms with Crippen LogP contribution in [0.5, 0.6) is 0 Å². The van der Waals surface area contributed by atoms with Gasteiger partial charge >= 0.3 is 0 Å². The Hall–Kier alpha value is -2.25. The summed E-state index contributed by atoms with van der Waals surface area (Å²) in [6.45, 7) is 5.67. The second-order valence-corrected chi connectivity index (χ2v) is 6.60. The van der Waals surface area contributed by atoms with E-state index in [0.29, 0.717) is 19.0 Å². The Labute approximate surface area is 146 Å². The minimum absolute atomic E-state index is 0.137. The maximum absolute atomic E-state index is 11.8. The molecule has 1 spiro atoms. The van der Waals surface area contributed by atoms with Gasteiger partial charge in [-0.3, -0.25) is 4.79 Å². The number of nitrogens with one attached hydrogen (secondary N) is 1. The maximum atomic E-state index is 11.8. The Morgan fingerprint density at radius 1 is 1.36 bits per heavy atom. The van der Waals surface area contributed by atoms with Crippen LogP contribution in [0.3, 0.4) is 0 Å². The highest BCUT2D eigenvalue weighted by Crippen LogP contribution is 2.29. The van der Waals surface area contributed by atoms with Crippen LogP contribution in [0.25, 0.3) is 11.4 Å². The summed E-state index contributed by atoms with van der Waals surface area (Å²) in [5, 5.41) is 0. The van der Waals surface area contributed by atoms with Gasteiger partial charge in [0.25, 0.3) is 5.56 Å². The molecule has 4 heterocycles. The lowest BCUT2D eigenvalue weighted by Crippen LogP contribution is -2.52. The van der Waals surface area contributed by atoms with Crippen molar-refractivity contribution in [2.45, 2.75) is 25.4 Å². The molecule has 2 aromatic heterocycles. The van der Waals surface area contributed by atoms with Crippen LogP contribution < -0.4 is 10.5 Å². The molecule has 0 aromatic carbocycles. The molecule has 1 N–H and O–H groups in total. The zero-order chi connectivity index (χ0) is 17.3. The van der Waals surface area contributed by atoms with E-state index in [9.17, 15) is 4.79 Å². The number of aromatic nitrogens is 3. The van der Waals surface area contributed by atoms with Crippen molar-refractivity contribution in [2.75, 3.05) is 37.8 Å². The number of pyridine rings is 1. The van der Waals surface area contributed by atoms with E-state index < -0.39 is 0 Å². The molecule has 132 valence electrons. The number of hydrogen-bond donors (Lipinski definition) is 1. The van der Waals surface area contributed by atoms with Crippen molar-refractivity contribution >= 4 is 5.82 Å². The highest BCUT2D eigenvalue weighted by molar-refractivity contribution is 5.56. The molecule has 2 saturated heterocycles. The highest BCUT2D eigenvalue weighted by atomic mass is 16.6. The van der Waals surface area contributed by atoms with Gasteiger partial charge in [-0.15, -0.1) is 0 Å². The third kappa shape index (κ3) is 3.29. The lowest BCUT2D eigenvalue weighted by molar-refractivity contribution is -0.0581. The number of H-pyrrole nitrogens is 1. The van der Waals surface area contributed by atoms with Crippen molar-refractivity contribution in [1.82, 2.24) is 15.0 Å². The molecule has 0 bridgehead atoms. The van der Waals surface area contributed by atoms with E-state index >= 15 is 0 Å². The van der Waals surface area contributed by atoms with E-state index in [1.807, 2.05) is 19.1 Å². The van der Waals surface area contributed by atoms with Crippen LogP contribution in [-0.2, 0) is 15.9 Å². The van der Waals surface area contributed by atoms with Crippen LogP contribution >= 0.6 is 0 Å². The molecule has 0 saturated carbocycles. The van der Waals surface area contributed by atoms with Crippen molar-refractivity contribution in [2.24, 2.45) is 0 Å². The third-order valence-electron chi connectivity index (χ3n) is 4.82. The number of nitrogens with zero attached hydrogens (tertiary/aromatic N) is 3. The number of aryl methyl sites for hydroxylation is 1. The van der Waals surface area contributed by atoms with Gasteiger partial charge in [0.05, 0.1) is 19.8 Å². The topological polar surface area (TPSA) is 80.3 Å². The van der Waals surface area contributed by atoms with E-state index in [1.54, 1.807) is 6.20 Å². The van der Waals surface area contributed by atoms with Crippen molar-refractivity contribution in [3.8, 4) is 11.4 Å². The Kier molecular flexibility index (Phi) is 4.27. The predicted octanol–water partition coefficient (Wildman–Crippen LogP) is 1.39. The fourth-order valence-electron chi connectivity index (χ4n) is 3.41. The van der Waals surface area contributed by atoms with Crippen LogP contribution in [0.4, 0.5) is 5.82 Å². The second kappa shape index (κ2) is 6.57. The maximum Gasteiger partial charge on any atom is 0.251 e. The molecular formula is C18H22N4O3. The summed E-state index contributed by atoms with van der Waals surface area (Å²) in [5.74, 6) is 1.47. The lowest BCUT2D eigenvalue weighted by Gasteiger charge is -2.40. The normalized spacial score (nSPS) is 23.3. The van der Waals surface area contributed by atoms with Gasteiger partial charge in [-0.1, -0.05) is 6.92 Å². The molecule has 2 fully saturated rings. The van der Waals surface area contributed by atoms with Crippen LogP contribution in [0.1, 0.15) is 19.0 Å². The summed E-state index contributed by atoms with van der Waals surface area (Å²) in [4.78, 5) is 25.8. The van der Waals surface area contributed by atoms with E-state index in [4.69, 9.17) is 9.47 Å². The number of aromatic amines is 1. The summed E-state index contributed by atoms with van der Waals surface area (Å²) in [5.41, 5.74) is 1.26. The first-order valence-corrected chi connectivity index (χ1v) is 8.71. The molecule has 2 aromatic rings. The van der Waals surface area contributed by atoms with E-state index in [-0.39, 0.29) is 11.2 Å². The largest absolute Gasteiger partial charge is 0.378 e. The SMILES string of the molecule is CCc1cc(=O)[nH]c(-c2ccc(N3CCOC4(CCOC4)C3)nc2)n1. The Morgan fingerprint density at radius 2 is 2.28 bits per heavy atom. The minimum atomic E-state index is -0.194. The lowest BCUT2D eigenvalue weighted by atomic mass is 10.0. The zero-order valence-corrected chi connectivity index (χ0v) is 14.3. The quantitative estimate of drug-likeness (QED) is 0.908. The molecule has 7 heteroatoms. The number of anilines is 1. The third-order valence-corrected chi connectivity index (χ3v) is 4.82. The summed E-state index contributed by atoms with van der Waals surface area (Å²) >= 11 is 0. The van der Waals surface area contributed by atoms with Crippen LogP contribution in [0.15, 0.2) is 29.2 Å². The monoisotopic (exact) mass is 342 g/mol. The Balaban J connectivity index is 1.56. The van der Waals surface area contributed by atoms with E-state index in [2.05, 4.69) is 19.9 Å². The fraction of sp³-hybridized carbons (Fsp3) is 0.500. The van der Waals surface area contributed by atoms with E-state index in [0.717, 1.165) is 49.6 Å². The molecular weight excluding hydrogens is 320 g/mol. The smallest absolute Gasteiger partial charge is 0.251 e. The Bertz CT molecular complexity index is 797. The molecule has 0 amide bonds. The summed E-state index contributed by atoms with van der Waals surface area (Å²) < 4.78 is 11.5. The molecule has 0 radical (unpaired) electrons. The standard InChI is InChI=1S/C18H22N4O3/c1-2-14-9-16(23)21-17(20-14)13-3-4-15(19-10-13)22-6-8-25-18(11-22)5-7-24-12-18/h3-4,9-10H,2,5-8,11-12H2,1H3,(H,20,21,23). The fourth-order valence-corrected chi connectivity index (χ4v) is 3.41. The van der Waals surface area contributed by atoms with Gasteiger partial charge in [-0.25, -0.2) is 9.97 Å². The van der Waals surface area contributed by atoms with Gasteiger partial charge in [0.1, 0.15) is 17.2 Å². The highest BCUT2D eigenvalue weighted by Gasteiger charge is 2.40. The number of morpholine rings is 1. The molecule has 7 nitrogen and oxygen atoms in total. The van der Waals surface area contributed by atoms with Crippen molar-refractivity contribution in [1.29, 1.82) is 0 Å². The van der Waals surface area contributed by atoms with Crippen molar-refractivity contribution in [3.63, 3.8) is 0 Å². The van der Waals surface area contributed by atoms with Crippen LogP contribution in [0, 0.1) is 0 Å². The zero-order valence-electron chi connectivity index (χ0n) is 14.3. The van der Waals surface area contributed by atoms with Gasteiger partial charge < -0.3 is 19.4 Å². The Morgan fingerprint density at radius 3 is 3.00 bits per heavy atom. The molecule has 0 aliphatic carbocycles. The minimum Gasteiger partial charge on any atom is -0.378 e. The van der Waals surface area contributed by atoms with Gasteiger partial charge in [0.15, 0.2) is 0 Å². The first-order valence-electron chi connectivity index (χ1n) is 8.71. The van der Waals surface area contributed by atoms with Crippen molar-refractivity contribution in [3.05, 3.63) is 40.4 Å². The number of ether oxygens (including phenoxy) is 2. The predicted molar refractivity (Wildman–Crippen MR) is 93.8 cm³/mol. The second-order valence-electron chi connectivity index (χ2n) is 6.60. The van der Waals surface area contributed by atoms with Gasteiger partial charge in [0, 0.05) is 43.1 Å². The first-order chi connectivity index (χ1) is 12.2. The summed E-state index contributed by atoms with van der Waals surface area (Å²) in [6.07, 6.45) is 3.41. The molecule has 25 heavy (non-hydrogen) atoms. The van der Waals surface area contributed by atoms with Crippen LogP contribution in [-0.4, -0.2) is 53.5 Å². The molecule has 2 aliphatic rings. The van der Waals surface area contributed by atoms with E-state index in [1.165, 1.54) is 6.07 Å². The molecule has 2 aliphatic heterocycles. The number of hydrogen-bond acceptors (Lipinski definition) is 6. The van der Waals surface area contributed by atoms with Gasteiger partial charge in [0.2, 0.25) is 0 Å². The molecule has 4 rings (SSSR count). The number of rotatable bonds is 3. The first kappa shape index (κ1) is 16.2.